The van der Waals surface area contributed by atoms with Crippen LogP contribution in [0.5, 0.6) is 0 Å². The molecule has 0 aliphatic heterocycles. The second kappa shape index (κ2) is 6.05. The predicted molar refractivity (Wildman–Crippen MR) is 61.6 cm³/mol. The molecule has 0 aromatic carbocycles. The highest BCUT2D eigenvalue weighted by molar-refractivity contribution is 6.60. The lowest BCUT2D eigenvalue weighted by atomic mass is 10.2. The predicted octanol–water partition coefficient (Wildman–Crippen LogP) is 2.30. The average Bonchev–Trinajstić information content (AvgIpc) is 2.78. The maximum absolute atomic E-state index is 5.34. The Morgan fingerprint density at radius 3 is 2.33 bits per heavy atom. The first kappa shape index (κ1) is 12.4. The quantitative estimate of drug-likeness (QED) is 0.492. The number of hydrogen-bond acceptors (Lipinski definition) is 3. The van der Waals surface area contributed by atoms with E-state index in [0.29, 0.717) is 0 Å². The zero-order valence-electron chi connectivity index (χ0n) is 9.58. The molecule has 1 aliphatic carbocycles. The SMILES string of the molecule is CO[Si](CCCC1=C=CC=C1)(OC)OC. The number of allylic oxidation sites excluding steroid dienone is 3. The summed E-state index contributed by atoms with van der Waals surface area (Å²) in [7, 11) is 2.58. The molecule has 0 unspecified atom stereocenters. The van der Waals surface area contributed by atoms with Crippen molar-refractivity contribution in [2.45, 2.75) is 18.9 Å². The van der Waals surface area contributed by atoms with Gasteiger partial charge in [-0.1, -0.05) is 12.2 Å². The number of hydrogen-bond donors (Lipinski definition) is 0. The molecule has 4 heteroatoms. The van der Waals surface area contributed by atoms with Crippen molar-refractivity contribution in [3.8, 4) is 0 Å². The molecule has 0 saturated carbocycles. The summed E-state index contributed by atoms with van der Waals surface area (Å²) in [5, 5.41) is 0. The topological polar surface area (TPSA) is 27.7 Å². The third kappa shape index (κ3) is 3.45. The molecule has 0 heterocycles. The van der Waals surface area contributed by atoms with E-state index in [1.54, 1.807) is 21.3 Å². The summed E-state index contributed by atoms with van der Waals surface area (Å²) >= 11 is 0. The van der Waals surface area contributed by atoms with Gasteiger partial charge in [0.05, 0.1) is 0 Å². The van der Waals surface area contributed by atoms with Crippen molar-refractivity contribution in [2.24, 2.45) is 0 Å². The molecule has 0 bridgehead atoms. The van der Waals surface area contributed by atoms with Crippen LogP contribution < -0.4 is 0 Å². The van der Waals surface area contributed by atoms with Gasteiger partial charge >= 0.3 is 8.80 Å². The molecule has 0 N–H and O–H groups in total. The van der Waals surface area contributed by atoms with Crippen LogP contribution in [-0.2, 0) is 13.3 Å². The molecule has 0 aromatic rings. The van der Waals surface area contributed by atoms with Gasteiger partial charge in [-0.2, -0.15) is 0 Å². The van der Waals surface area contributed by atoms with Crippen molar-refractivity contribution >= 4 is 8.80 Å². The monoisotopic (exact) mass is 226 g/mol. The van der Waals surface area contributed by atoms with E-state index >= 15 is 0 Å². The Balaban J connectivity index is 2.34. The zero-order chi connectivity index (χ0) is 11.1. The van der Waals surface area contributed by atoms with Crippen LogP contribution in [0.2, 0.25) is 6.04 Å². The Kier molecular flexibility index (Phi) is 5.01. The molecule has 0 radical (unpaired) electrons. The third-order valence-electron chi connectivity index (χ3n) is 2.52. The van der Waals surface area contributed by atoms with Crippen molar-refractivity contribution in [1.82, 2.24) is 0 Å². The molecule has 1 rings (SSSR count). The van der Waals surface area contributed by atoms with Gasteiger partial charge in [-0.25, -0.2) is 0 Å². The van der Waals surface area contributed by atoms with Gasteiger partial charge in [0, 0.05) is 27.4 Å². The molecule has 1 aliphatic rings. The molecule has 0 saturated heterocycles. The van der Waals surface area contributed by atoms with Crippen LogP contribution in [-0.4, -0.2) is 30.1 Å². The Labute approximate surface area is 92.4 Å². The highest BCUT2D eigenvalue weighted by Crippen LogP contribution is 2.19. The van der Waals surface area contributed by atoms with Crippen LogP contribution in [0, 0.1) is 0 Å². The van der Waals surface area contributed by atoms with Gasteiger partial charge in [0.1, 0.15) is 0 Å². The van der Waals surface area contributed by atoms with Gasteiger partial charge < -0.3 is 13.3 Å². The first-order valence-corrected chi connectivity index (χ1v) is 6.97. The molecule has 15 heavy (non-hydrogen) atoms. The summed E-state index contributed by atoms with van der Waals surface area (Å²) in [6.45, 7) is 0. The number of rotatable bonds is 7. The standard InChI is InChI=1S/C11H18O3Si/c1-12-15(13-2,14-3)10-6-9-11-7-4-5-8-11/h4-5,7H,6,9-10H2,1-3H3. The minimum Gasteiger partial charge on any atom is -0.377 e. The summed E-state index contributed by atoms with van der Waals surface area (Å²) < 4.78 is 16.0. The third-order valence-corrected chi connectivity index (χ3v) is 5.36. The Morgan fingerprint density at radius 2 is 1.87 bits per heavy atom. The van der Waals surface area contributed by atoms with E-state index in [-0.39, 0.29) is 0 Å². The molecular weight excluding hydrogens is 208 g/mol. The van der Waals surface area contributed by atoms with Crippen molar-refractivity contribution in [3.63, 3.8) is 0 Å². The maximum atomic E-state index is 5.34. The molecule has 3 nitrogen and oxygen atoms in total. The van der Waals surface area contributed by atoms with E-state index in [1.807, 2.05) is 12.2 Å². The van der Waals surface area contributed by atoms with E-state index in [4.69, 9.17) is 13.3 Å². The largest absolute Gasteiger partial charge is 0.500 e. The van der Waals surface area contributed by atoms with Gasteiger partial charge in [-0.05, 0) is 24.5 Å². The lowest BCUT2D eigenvalue weighted by Gasteiger charge is -2.24. The lowest BCUT2D eigenvalue weighted by molar-refractivity contribution is 0.123. The Bertz CT molecular complexity index is 278. The van der Waals surface area contributed by atoms with E-state index in [9.17, 15) is 0 Å². The molecule has 0 atom stereocenters. The molecule has 0 spiro atoms. The van der Waals surface area contributed by atoms with E-state index in [0.717, 1.165) is 18.9 Å². The molecule has 0 aromatic heterocycles. The van der Waals surface area contributed by atoms with Crippen molar-refractivity contribution < 1.29 is 13.3 Å². The van der Waals surface area contributed by atoms with Gasteiger partial charge in [-0.3, -0.25) is 0 Å². The summed E-state index contributed by atoms with van der Waals surface area (Å²) in [6.07, 6.45) is 8.02. The average molecular weight is 226 g/mol. The van der Waals surface area contributed by atoms with Gasteiger partial charge in [0.25, 0.3) is 0 Å². The van der Waals surface area contributed by atoms with Gasteiger partial charge in [0.15, 0.2) is 0 Å². The molecule has 84 valence electrons. The van der Waals surface area contributed by atoms with Crippen LogP contribution in [0.3, 0.4) is 0 Å². The van der Waals surface area contributed by atoms with Crippen molar-refractivity contribution in [3.05, 3.63) is 29.5 Å². The highest BCUT2D eigenvalue weighted by atomic mass is 28.4. The van der Waals surface area contributed by atoms with Gasteiger partial charge in [-0.15, -0.1) is 5.73 Å². The fourth-order valence-electron chi connectivity index (χ4n) is 1.57. The molecule has 0 amide bonds. The van der Waals surface area contributed by atoms with Crippen LogP contribution in [0.25, 0.3) is 0 Å². The summed E-state index contributed by atoms with van der Waals surface area (Å²) in [5.41, 5.74) is 4.41. The first-order chi connectivity index (χ1) is 7.26. The lowest BCUT2D eigenvalue weighted by Crippen LogP contribution is -2.42. The molecule has 0 fully saturated rings. The second-order valence-corrected chi connectivity index (χ2v) is 6.44. The van der Waals surface area contributed by atoms with Crippen molar-refractivity contribution in [2.75, 3.05) is 21.3 Å². The van der Waals surface area contributed by atoms with Crippen LogP contribution in [0.15, 0.2) is 29.5 Å². The smallest absolute Gasteiger partial charge is 0.377 e. The maximum Gasteiger partial charge on any atom is 0.500 e. The summed E-state index contributed by atoms with van der Waals surface area (Å²) in [5.74, 6) is 0. The van der Waals surface area contributed by atoms with Crippen molar-refractivity contribution in [1.29, 1.82) is 0 Å². The molecular formula is C11H18O3Si. The minimum atomic E-state index is -2.36. The van der Waals surface area contributed by atoms with E-state index in [1.165, 1.54) is 5.57 Å². The Hall–Kier alpha value is -0.643. The summed E-state index contributed by atoms with van der Waals surface area (Å²) in [6, 6.07) is 0.843. The summed E-state index contributed by atoms with van der Waals surface area (Å²) in [4.78, 5) is 0. The fraction of sp³-hybridized carbons (Fsp3) is 0.545. The van der Waals surface area contributed by atoms with E-state index in [2.05, 4.69) is 11.8 Å². The Morgan fingerprint density at radius 1 is 1.20 bits per heavy atom. The zero-order valence-corrected chi connectivity index (χ0v) is 10.6. The fourth-order valence-corrected chi connectivity index (χ4v) is 3.30. The second-order valence-electron chi connectivity index (χ2n) is 3.34. The van der Waals surface area contributed by atoms with E-state index < -0.39 is 8.80 Å². The van der Waals surface area contributed by atoms with Crippen LogP contribution in [0.1, 0.15) is 12.8 Å². The van der Waals surface area contributed by atoms with Gasteiger partial charge in [0.2, 0.25) is 0 Å². The first-order valence-electron chi connectivity index (χ1n) is 5.04. The normalized spacial score (nSPS) is 14.7. The van der Waals surface area contributed by atoms with Crippen LogP contribution in [0.4, 0.5) is 0 Å². The van der Waals surface area contributed by atoms with Crippen LogP contribution >= 0.6 is 0 Å². The minimum absolute atomic E-state index is 0.843. The highest BCUT2D eigenvalue weighted by Gasteiger charge is 2.36.